The molecule has 2 heteroatoms. The molecule has 0 aromatic heterocycles. The minimum absolute atomic E-state index is 0.774. The molecule has 0 fully saturated rings. The standard InChI is InChI=1S/C12H16ClN/c1-2-4-11-5-7-12(8-6-11)14-10-3-9-13/h3,5-9,14H,2,4,10H2,1H3/b9-3+. The summed E-state index contributed by atoms with van der Waals surface area (Å²) in [5.41, 5.74) is 4.06. The summed E-state index contributed by atoms with van der Waals surface area (Å²) in [4.78, 5) is 0. The van der Waals surface area contributed by atoms with Gasteiger partial charge in [0.05, 0.1) is 0 Å². The van der Waals surface area contributed by atoms with Crippen LogP contribution >= 0.6 is 11.6 Å². The van der Waals surface area contributed by atoms with Crippen LogP contribution in [0.15, 0.2) is 35.9 Å². The number of hydrogen-bond donors (Lipinski definition) is 1. The number of aryl methyl sites for hydroxylation is 1. The first-order valence-corrected chi connectivity index (χ1v) is 5.38. The summed E-state index contributed by atoms with van der Waals surface area (Å²) in [5, 5.41) is 3.24. The van der Waals surface area contributed by atoms with E-state index in [1.54, 1.807) is 0 Å². The molecule has 0 bridgehead atoms. The van der Waals surface area contributed by atoms with Gasteiger partial charge in [0, 0.05) is 17.8 Å². The fourth-order valence-corrected chi connectivity index (χ4v) is 1.39. The van der Waals surface area contributed by atoms with Crippen molar-refractivity contribution in [3.8, 4) is 0 Å². The summed E-state index contributed by atoms with van der Waals surface area (Å²) < 4.78 is 0. The van der Waals surface area contributed by atoms with Crippen molar-refractivity contribution in [2.45, 2.75) is 19.8 Å². The third-order valence-corrected chi connectivity index (χ3v) is 2.18. The Morgan fingerprint density at radius 1 is 1.29 bits per heavy atom. The monoisotopic (exact) mass is 209 g/mol. The van der Waals surface area contributed by atoms with Gasteiger partial charge in [-0.1, -0.05) is 43.2 Å². The van der Waals surface area contributed by atoms with Gasteiger partial charge in [-0.15, -0.1) is 0 Å². The van der Waals surface area contributed by atoms with Crippen LogP contribution in [-0.4, -0.2) is 6.54 Å². The lowest BCUT2D eigenvalue weighted by atomic mass is 10.1. The van der Waals surface area contributed by atoms with Gasteiger partial charge in [-0.3, -0.25) is 0 Å². The van der Waals surface area contributed by atoms with E-state index in [9.17, 15) is 0 Å². The zero-order chi connectivity index (χ0) is 10.2. The summed E-state index contributed by atoms with van der Waals surface area (Å²) in [6.07, 6.45) is 4.23. The Morgan fingerprint density at radius 3 is 2.57 bits per heavy atom. The first-order chi connectivity index (χ1) is 6.86. The Balaban J connectivity index is 2.46. The molecule has 1 aromatic rings. The third-order valence-electron chi connectivity index (χ3n) is 2.01. The maximum absolute atomic E-state index is 5.41. The summed E-state index contributed by atoms with van der Waals surface area (Å²) in [7, 11) is 0. The normalized spacial score (nSPS) is 10.7. The van der Waals surface area contributed by atoms with Crippen LogP contribution in [0.3, 0.4) is 0 Å². The van der Waals surface area contributed by atoms with E-state index >= 15 is 0 Å². The van der Waals surface area contributed by atoms with Crippen molar-refractivity contribution in [3.63, 3.8) is 0 Å². The largest absolute Gasteiger partial charge is 0.382 e. The quantitative estimate of drug-likeness (QED) is 0.778. The molecular formula is C12H16ClN. The molecule has 0 radical (unpaired) electrons. The topological polar surface area (TPSA) is 12.0 Å². The van der Waals surface area contributed by atoms with Gasteiger partial charge in [-0.2, -0.15) is 0 Å². The molecule has 1 rings (SSSR count). The highest BCUT2D eigenvalue weighted by Crippen LogP contribution is 2.10. The van der Waals surface area contributed by atoms with Gasteiger partial charge in [-0.05, 0) is 24.1 Å². The summed E-state index contributed by atoms with van der Waals surface area (Å²) >= 11 is 5.41. The Bertz CT molecular complexity index is 277. The molecule has 76 valence electrons. The molecule has 0 aliphatic carbocycles. The molecule has 0 saturated heterocycles. The van der Waals surface area contributed by atoms with Crippen LogP contribution in [0, 0.1) is 0 Å². The van der Waals surface area contributed by atoms with Crippen molar-refractivity contribution < 1.29 is 0 Å². The first kappa shape index (κ1) is 11.1. The highest BCUT2D eigenvalue weighted by atomic mass is 35.5. The second-order valence-electron chi connectivity index (χ2n) is 3.19. The van der Waals surface area contributed by atoms with E-state index in [2.05, 4.69) is 36.5 Å². The number of nitrogens with one attached hydrogen (secondary N) is 1. The van der Waals surface area contributed by atoms with Gasteiger partial charge in [-0.25, -0.2) is 0 Å². The lowest BCUT2D eigenvalue weighted by Crippen LogP contribution is -1.97. The molecular weight excluding hydrogens is 194 g/mol. The van der Waals surface area contributed by atoms with Gasteiger partial charge in [0.1, 0.15) is 0 Å². The van der Waals surface area contributed by atoms with E-state index < -0.39 is 0 Å². The van der Waals surface area contributed by atoms with Crippen molar-refractivity contribution in [1.82, 2.24) is 0 Å². The summed E-state index contributed by atoms with van der Waals surface area (Å²) in [6, 6.07) is 8.53. The predicted octanol–water partition coefficient (Wildman–Crippen LogP) is 3.80. The smallest absolute Gasteiger partial charge is 0.0342 e. The molecule has 0 heterocycles. The predicted molar refractivity (Wildman–Crippen MR) is 63.9 cm³/mol. The lowest BCUT2D eigenvalue weighted by Gasteiger charge is -2.04. The number of benzene rings is 1. The Labute approximate surface area is 90.8 Å². The van der Waals surface area contributed by atoms with Gasteiger partial charge in [0.2, 0.25) is 0 Å². The van der Waals surface area contributed by atoms with Gasteiger partial charge in [0.25, 0.3) is 0 Å². The van der Waals surface area contributed by atoms with E-state index in [1.165, 1.54) is 17.5 Å². The molecule has 0 aliphatic heterocycles. The SMILES string of the molecule is CCCc1ccc(NC/C=C/Cl)cc1. The molecule has 14 heavy (non-hydrogen) atoms. The Morgan fingerprint density at radius 2 is 2.00 bits per heavy atom. The number of anilines is 1. The maximum atomic E-state index is 5.41. The van der Waals surface area contributed by atoms with Crippen LogP contribution in [0.5, 0.6) is 0 Å². The van der Waals surface area contributed by atoms with Crippen molar-refractivity contribution in [2.75, 3.05) is 11.9 Å². The van der Waals surface area contributed by atoms with Crippen LogP contribution in [-0.2, 0) is 6.42 Å². The zero-order valence-electron chi connectivity index (χ0n) is 8.46. The van der Waals surface area contributed by atoms with Crippen molar-refractivity contribution >= 4 is 17.3 Å². The van der Waals surface area contributed by atoms with Crippen LogP contribution < -0.4 is 5.32 Å². The highest BCUT2D eigenvalue weighted by molar-refractivity contribution is 6.25. The minimum Gasteiger partial charge on any atom is -0.382 e. The molecule has 0 saturated carbocycles. The maximum Gasteiger partial charge on any atom is 0.0342 e. The molecule has 0 atom stereocenters. The molecule has 0 unspecified atom stereocenters. The number of halogens is 1. The summed E-state index contributed by atoms with van der Waals surface area (Å²) in [6.45, 7) is 2.97. The lowest BCUT2D eigenvalue weighted by molar-refractivity contribution is 0.922. The van der Waals surface area contributed by atoms with E-state index in [1.807, 2.05) is 6.08 Å². The third kappa shape index (κ3) is 3.84. The van der Waals surface area contributed by atoms with E-state index in [0.29, 0.717) is 0 Å². The first-order valence-electron chi connectivity index (χ1n) is 4.95. The van der Waals surface area contributed by atoms with E-state index in [0.717, 1.165) is 18.7 Å². The van der Waals surface area contributed by atoms with Crippen molar-refractivity contribution in [1.29, 1.82) is 0 Å². The minimum atomic E-state index is 0.774. The molecule has 0 aliphatic rings. The van der Waals surface area contributed by atoms with Crippen LogP contribution in [0.25, 0.3) is 0 Å². The Hall–Kier alpha value is -0.950. The molecule has 0 spiro atoms. The average molecular weight is 210 g/mol. The van der Waals surface area contributed by atoms with Gasteiger partial charge in [0.15, 0.2) is 0 Å². The van der Waals surface area contributed by atoms with Crippen molar-refractivity contribution in [2.24, 2.45) is 0 Å². The molecule has 1 nitrogen and oxygen atoms in total. The molecule has 1 aromatic carbocycles. The van der Waals surface area contributed by atoms with Crippen molar-refractivity contribution in [3.05, 3.63) is 41.4 Å². The van der Waals surface area contributed by atoms with E-state index in [4.69, 9.17) is 11.6 Å². The second kappa shape index (κ2) is 6.50. The van der Waals surface area contributed by atoms with Gasteiger partial charge >= 0.3 is 0 Å². The fourth-order valence-electron chi connectivity index (χ4n) is 1.30. The molecule has 0 amide bonds. The van der Waals surface area contributed by atoms with Crippen LogP contribution in [0.2, 0.25) is 0 Å². The van der Waals surface area contributed by atoms with E-state index in [-0.39, 0.29) is 0 Å². The van der Waals surface area contributed by atoms with Gasteiger partial charge < -0.3 is 5.32 Å². The van der Waals surface area contributed by atoms with Crippen LogP contribution in [0.4, 0.5) is 5.69 Å². The zero-order valence-corrected chi connectivity index (χ0v) is 9.22. The number of hydrogen-bond acceptors (Lipinski definition) is 1. The molecule has 1 N–H and O–H groups in total. The second-order valence-corrected chi connectivity index (χ2v) is 3.44. The highest BCUT2D eigenvalue weighted by Gasteiger charge is 1.91. The summed E-state index contributed by atoms with van der Waals surface area (Å²) in [5.74, 6) is 0. The Kier molecular flexibility index (Phi) is 5.16. The fraction of sp³-hybridized carbons (Fsp3) is 0.333. The number of rotatable bonds is 5. The average Bonchev–Trinajstić information content (AvgIpc) is 2.21. The van der Waals surface area contributed by atoms with Crippen LogP contribution in [0.1, 0.15) is 18.9 Å².